The Bertz CT molecular complexity index is 827. The summed E-state index contributed by atoms with van der Waals surface area (Å²) in [4.78, 5) is 27.5. The molecule has 8 nitrogen and oxygen atoms in total. The van der Waals surface area contributed by atoms with Crippen LogP contribution >= 0.6 is 0 Å². The van der Waals surface area contributed by atoms with E-state index in [9.17, 15) is 9.59 Å². The fourth-order valence-electron chi connectivity index (χ4n) is 3.45. The van der Waals surface area contributed by atoms with Crippen LogP contribution in [-0.2, 0) is 17.6 Å². The molecule has 1 aromatic carbocycles. The van der Waals surface area contributed by atoms with Crippen molar-refractivity contribution in [2.45, 2.75) is 50.9 Å². The van der Waals surface area contributed by atoms with Crippen LogP contribution in [0.4, 0.5) is 0 Å². The molecule has 1 saturated carbocycles. The summed E-state index contributed by atoms with van der Waals surface area (Å²) in [6.45, 7) is 0.429. The highest BCUT2D eigenvalue weighted by Gasteiger charge is 2.22. The first-order valence-electron chi connectivity index (χ1n) is 9.56. The highest BCUT2D eigenvalue weighted by atomic mass is 16.5. The summed E-state index contributed by atoms with van der Waals surface area (Å²) in [7, 11) is 1.49. The molecule has 1 amide bonds. The number of carbonyl (C=O) groups is 2. The number of hydrogen-bond acceptors (Lipinski definition) is 6. The minimum Gasteiger partial charge on any atom is -0.496 e. The number of hydrogen-bond donors (Lipinski definition) is 2. The number of nitrogens with one attached hydrogen (secondary N) is 1. The van der Waals surface area contributed by atoms with Gasteiger partial charge in [0, 0.05) is 25.3 Å². The number of carboxylic acids is 1. The number of nitrogens with zero attached hydrogens (tertiary/aromatic N) is 2. The van der Waals surface area contributed by atoms with Crippen molar-refractivity contribution in [2.24, 2.45) is 0 Å². The fourth-order valence-corrected chi connectivity index (χ4v) is 3.45. The molecule has 0 unspecified atom stereocenters. The lowest BCUT2D eigenvalue weighted by Gasteiger charge is -2.10. The average Bonchev–Trinajstić information content (AvgIpc) is 3.38. The standard InChI is InChI=1S/C20H25N3O5/c1-27-16-12-15(20(25)26)7-6-13(16)10-11-21-17(24)8-9-18-22-19(23-28-18)14-4-2-3-5-14/h6-7,12,14H,2-5,8-11H2,1H3,(H,21,24)(H,25,26). The first-order valence-corrected chi connectivity index (χ1v) is 9.56. The van der Waals surface area contributed by atoms with Gasteiger partial charge in [-0.15, -0.1) is 0 Å². The maximum absolute atomic E-state index is 12.1. The largest absolute Gasteiger partial charge is 0.496 e. The predicted octanol–water partition coefficient (Wildman–Crippen LogP) is 2.73. The Morgan fingerprint density at radius 3 is 2.79 bits per heavy atom. The number of aryl methyl sites for hydroxylation is 1. The van der Waals surface area contributed by atoms with Gasteiger partial charge in [0.1, 0.15) is 5.75 Å². The van der Waals surface area contributed by atoms with Crippen molar-refractivity contribution < 1.29 is 24.0 Å². The zero-order valence-corrected chi connectivity index (χ0v) is 15.9. The lowest BCUT2D eigenvalue weighted by atomic mass is 10.1. The van der Waals surface area contributed by atoms with Crippen LogP contribution < -0.4 is 10.1 Å². The molecule has 28 heavy (non-hydrogen) atoms. The summed E-state index contributed by atoms with van der Waals surface area (Å²) in [5.41, 5.74) is 1.01. The van der Waals surface area contributed by atoms with Crippen molar-refractivity contribution in [2.75, 3.05) is 13.7 Å². The molecule has 2 aromatic rings. The maximum atomic E-state index is 12.1. The molecule has 0 atom stereocenters. The van der Waals surface area contributed by atoms with Gasteiger partial charge in [0.05, 0.1) is 12.7 Å². The van der Waals surface area contributed by atoms with Gasteiger partial charge in [0.15, 0.2) is 5.82 Å². The Morgan fingerprint density at radius 2 is 2.07 bits per heavy atom. The van der Waals surface area contributed by atoms with E-state index in [0.717, 1.165) is 24.2 Å². The van der Waals surface area contributed by atoms with Crippen LogP contribution in [0.25, 0.3) is 0 Å². The molecule has 150 valence electrons. The maximum Gasteiger partial charge on any atom is 0.335 e. The number of aromatic carboxylic acids is 1. The fraction of sp³-hybridized carbons (Fsp3) is 0.500. The van der Waals surface area contributed by atoms with E-state index in [1.54, 1.807) is 6.07 Å². The summed E-state index contributed by atoms with van der Waals surface area (Å²) < 4.78 is 10.5. The Balaban J connectivity index is 1.43. The molecular formula is C20H25N3O5. The Kier molecular flexibility index (Phi) is 6.62. The molecule has 1 aliphatic carbocycles. The summed E-state index contributed by atoms with van der Waals surface area (Å²) in [5, 5.41) is 15.9. The summed E-state index contributed by atoms with van der Waals surface area (Å²) in [6.07, 6.45) is 5.87. The molecule has 0 radical (unpaired) electrons. The van der Waals surface area contributed by atoms with Gasteiger partial charge < -0.3 is 19.7 Å². The van der Waals surface area contributed by atoms with E-state index in [1.165, 1.54) is 32.1 Å². The van der Waals surface area contributed by atoms with Crippen LogP contribution in [0.3, 0.4) is 0 Å². The minimum atomic E-state index is -1.00. The summed E-state index contributed by atoms with van der Waals surface area (Å²) in [6, 6.07) is 4.72. The van der Waals surface area contributed by atoms with Crippen molar-refractivity contribution in [3.8, 4) is 5.75 Å². The molecule has 0 aliphatic heterocycles. The van der Waals surface area contributed by atoms with E-state index in [0.29, 0.717) is 36.9 Å². The highest BCUT2D eigenvalue weighted by Crippen LogP contribution is 2.32. The molecule has 0 saturated heterocycles. The third kappa shape index (κ3) is 5.09. The third-order valence-corrected chi connectivity index (χ3v) is 5.02. The van der Waals surface area contributed by atoms with Gasteiger partial charge >= 0.3 is 5.97 Å². The van der Waals surface area contributed by atoms with Crippen LogP contribution in [0, 0.1) is 0 Å². The molecule has 1 aromatic heterocycles. The van der Waals surface area contributed by atoms with E-state index in [1.807, 2.05) is 0 Å². The number of carboxylic acid groups (broad SMARTS) is 1. The zero-order valence-electron chi connectivity index (χ0n) is 15.9. The zero-order chi connectivity index (χ0) is 19.9. The number of amides is 1. The van der Waals surface area contributed by atoms with Gasteiger partial charge in [-0.05, 0) is 37.0 Å². The normalized spacial score (nSPS) is 14.2. The van der Waals surface area contributed by atoms with Crippen molar-refractivity contribution in [3.63, 3.8) is 0 Å². The minimum absolute atomic E-state index is 0.0956. The SMILES string of the molecule is COc1cc(C(=O)O)ccc1CCNC(=O)CCc1nc(C2CCCC2)no1. The quantitative estimate of drug-likeness (QED) is 0.680. The number of rotatable bonds is 9. The lowest BCUT2D eigenvalue weighted by molar-refractivity contribution is -0.121. The van der Waals surface area contributed by atoms with Gasteiger partial charge in [0.25, 0.3) is 0 Å². The Labute approximate surface area is 163 Å². The molecule has 3 rings (SSSR count). The van der Waals surface area contributed by atoms with Crippen LogP contribution in [0.5, 0.6) is 5.75 Å². The predicted molar refractivity (Wildman–Crippen MR) is 100 cm³/mol. The van der Waals surface area contributed by atoms with Gasteiger partial charge in [0.2, 0.25) is 11.8 Å². The van der Waals surface area contributed by atoms with Crippen molar-refractivity contribution in [3.05, 3.63) is 41.0 Å². The molecule has 1 heterocycles. The lowest BCUT2D eigenvalue weighted by Crippen LogP contribution is -2.26. The van der Waals surface area contributed by atoms with Crippen molar-refractivity contribution >= 4 is 11.9 Å². The van der Waals surface area contributed by atoms with E-state index in [-0.39, 0.29) is 17.9 Å². The number of ether oxygens (including phenoxy) is 1. The third-order valence-electron chi connectivity index (χ3n) is 5.02. The molecule has 0 spiro atoms. The second-order valence-electron chi connectivity index (χ2n) is 6.96. The van der Waals surface area contributed by atoms with Gasteiger partial charge in [-0.25, -0.2) is 4.79 Å². The van der Waals surface area contributed by atoms with Crippen molar-refractivity contribution in [1.29, 1.82) is 0 Å². The van der Waals surface area contributed by atoms with Crippen molar-refractivity contribution in [1.82, 2.24) is 15.5 Å². The van der Waals surface area contributed by atoms with E-state index >= 15 is 0 Å². The smallest absolute Gasteiger partial charge is 0.335 e. The van der Waals surface area contributed by atoms with Crippen LogP contribution in [0.1, 0.15) is 65.7 Å². The molecule has 1 fully saturated rings. The van der Waals surface area contributed by atoms with Crippen LogP contribution in [0.15, 0.2) is 22.7 Å². The molecule has 2 N–H and O–H groups in total. The van der Waals surface area contributed by atoms with Crippen LogP contribution in [-0.4, -0.2) is 40.8 Å². The van der Waals surface area contributed by atoms with Crippen LogP contribution in [0.2, 0.25) is 0 Å². The second-order valence-corrected chi connectivity index (χ2v) is 6.96. The number of aromatic nitrogens is 2. The number of benzene rings is 1. The second kappa shape index (κ2) is 9.34. The molecule has 8 heteroatoms. The molecule has 1 aliphatic rings. The van der Waals surface area contributed by atoms with E-state index in [4.69, 9.17) is 14.4 Å². The van der Waals surface area contributed by atoms with Gasteiger partial charge in [-0.2, -0.15) is 4.98 Å². The Hall–Kier alpha value is -2.90. The summed E-state index contributed by atoms with van der Waals surface area (Å²) >= 11 is 0. The average molecular weight is 387 g/mol. The first-order chi connectivity index (χ1) is 13.6. The Morgan fingerprint density at radius 1 is 1.29 bits per heavy atom. The topological polar surface area (TPSA) is 115 Å². The van der Waals surface area contributed by atoms with E-state index < -0.39 is 5.97 Å². The monoisotopic (exact) mass is 387 g/mol. The highest BCUT2D eigenvalue weighted by molar-refractivity contribution is 5.88. The summed E-state index contributed by atoms with van der Waals surface area (Å²) in [5.74, 6) is 1.07. The number of methoxy groups -OCH3 is 1. The number of carbonyl (C=O) groups excluding carboxylic acids is 1. The molecular weight excluding hydrogens is 362 g/mol. The molecule has 0 bridgehead atoms. The van der Waals surface area contributed by atoms with Gasteiger partial charge in [-0.3, -0.25) is 4.79 Å². The first kappa shape index (κ1) is 19.9. The van der Waals surface area contributed by atoms with Gasteiger partial charge in [-0.1, -0.05) is 24.1 Å². The van der Waals surface area contributed by atoms with E-state index in [2.05, 4.69) is 15.5 Å².